The fraction of sp³-hybridized carbons (Fsp3) is 0.304. The van der Waals surface area contributed by atoms with E-state index in [1.807, 2.05) is 27.0 Å². The molecule has 0 spiro atoms. The summed E-state index contributed by atoms with van der Waals surface area (Å²) in [7, 11) is 0. The molecule has 3 aromatic heterocycles. The van der Waals surface area contributed by atoms with E-state index in [4.69, 9.17) is 27.6 Å². The molecule has 1 amide bonds. The smallest absolute Gasteiger partial charge is 0.273 e. The molecule has 5 rings (SSSR count). The Morgan fingerprint density at radius 3 is 2.71 bits per heavy atom. The van der Waals surface area contributed by atoms with E-state index in [1.165, 1.54) is 23.1 Å². The van der Waals surface area contributed by atoms with Crippen LogP contribution in [0.15, 0.2) is 51.5 Å². The number of carbonyl (C=O) groups excluding carboxylic acids is 1. The lowest BCUT2D eigenvalue weighted by atomic mass is 10.3. The number of thioether (sulfide) groups is 1. The number of hydrogen-bond acceptors (Lipinski definition) is 8. The van der Waals surface area contributed by atoms with E-state index >= 15 is 0 Å². The summed E-state index contributed by atoms with van der Waals surface area (Å²) in [5.74, 6) is 1.62. The highest BCUT2D eigenvalue weighted by molar-refractivity contribution is 7.98. The van der Waals surface area contributed by atoms with Gasteiger partial charge >= 0.3 is 0 Å². The molecule has 0 bridgehead atoms. The van der Waals surface area contributed by atoms with Gasteiger partial charge in [-0.3, -0.25) is 9.36 Å². The van der Waals surface area contributed by atoms with Gasteiger partial charge in [-0.2, -0.15) is 0 Å². The minimum Gasteiger partial charge on any atom is -0.461 e. The minimum absolute atomic E-state index is 0.00975. The Balaban J connectivity index is 1.34. The lowest BCUT2D eigenvalue weighted by molar-refractivity contribution is 0.0638. The van der Waals surface area contributed by atoms with Crippen LogP contribution < -0.4 is 0 Å². The number of amides is 1. The first-order valence-electron chi connectivity index (χ1n) is 11.1. The Morgan fingerprint density at radius 2 is 2.00 bits per heavy atom. The summed E-state index contributed by atoms with van der Waals surface area (Å²) in [6, 6.07) is 8.88. The monoisotopic (exact) mass is 548 g/mol. The molecule has 0 saturated carbocycles. The van der Waals surface area contributed by atoms with Gasteiger partial charge in [-0.15, -0.1) is 21.5 Å². The van der Waals surface area contributed by atoms with Gasteiger partial charge in [0.1, 0.15) is 10.7 Å². The Bertz CT molecular complexity index is 1320. The summed E-state index contributed by atoms with van der Waals surface area (Å²) in [6.45, 7) is 6.41. The second-order valence-corrected chi connectivity index (χ2v) is 10.6. The van der Waals surface area contributed by atoms with Crippen LogP contribution >= 0.6 is 46.3 Å². The van der Waals surface area contributed by atoms with E-state index in [0.29, 0.717) is 43.9 Å². The number of rotatable bonds is 7. The summed E-state index contributed by atoms with van der Waals surface area (Å²) < 4.78 is 7.41. The Hall–Kier alpha value is -2.37. The van der Waals surface area contributed by atoms with Crippen LogP contribution in [0.2, 0.25) is 10.0 Å². The van der Waals surface area contributed by atoms with Crippen molar-refractivity contribution >= 4 is 52.2 Å². The molecule has 35 heavy (non-hydrogen) atoms. The summed E-state index contributed by atoms with van der Waals surface area (Å²) in [6.07, 6.45) is 1.58. The fourth-order valence-electron chi connectivity index (χ4n) is 3.84. The molecule has 8 nitrogen and oxygen atoms in total. The molecule has 12 heteroatoms. The second kappa shape index (κ2) is 10.7. The van der Waals surface area contributed by atoms with Gasteiger partial charge in [0, 0.05) is 36.6 Å². The topological polar surface area (TPSA) is 80.3 Å². The first-order chi connectivity index (χ1) is 17.0. The lowest BCUT2D eigenvalue weighted by Gasteiger charge is -2.33. The third kappa shape index (κ3) is 5.26. The number of hydrogen-bond donors (Lipinski definition) is 0. The van der Waals surface area contributed by atoms with Crippen molar-refractivity contribution in [2.24, 2.45) is 0 Å². The number of nitrogens with zero attached hydrogens (tertiary/aromatic N) is 6. The largest absolute Gasteiger partial charge is 0.461 e. The number of likely N-dealkylation sites (N-methyl/N-ethyl adjacent to an activating group) is 1. The zero-order valence-corrected chi connectivity index (χ0v) is 22.0. The second-order valence-electron chi connectivity index (χ2n) is 7.86. The predicted molar refractivity (Wildman–Crippen MR) is 139 cm³/mol. The molecule has 0 unspecified atom stereocenters. The van der Waals surface area contributed by atoms with Gasteiger partial charge in [0.05, 0.1) is 22.7 Å². The van der Waals surface area contributed by atoms with E-state index in [0.717, 1.165) is 37.7 Å². The van der Waals surface area contributed by atoms with Crippen molar-refractivity contribution in [3.05, 3.63) is 62.7 Å². The summed E-state index contributed by atoms with van der Waals surface area (Å²) in [4.78, 5) is 21.7. The van der Waals surface area contributed by atoms with Gasteiger partial charge in [0.2, 0.25) is 5.82 Å². The average Bonchev–Trinajstić information content (AvgIpc) is 3.63. The van der Waals surface area contributed by atoms with Gasteiger partial charge in [-0.1, -0.05) is 41.9 Å². The van der Waals surface area contributed by atoms with Gasteiger partial charge < -0.3 is 14.2 Å². The number of piperazine rings is 1. The number of furan rings is 1. The fourth-order valence-corrected chi connectivity index (χ4v) is 6.06. The molecule has 1 fully saturated rings. The van der Waals surface area contributed by atoms with Crippen molar-refractivity contribution < 1.29 is 9.21 Å². The van der Waals surface area contributed by atoms with E-state index in [2.05, 4.69) is 27.0 Å². The van der Waals surface area contributed by atoms with Crippen LogP contribution in [0.5, 0.6) is 0 Å². The van der Waals surface area contributed by atoms with E-state index in [1.54, 1.807) is 24.5 Å². The van der Waals surface area contributed by atoms with Gasteiger partial charge in [0.15, 0.2) is 10.9 Å². The summed E-state index contributed by atoms with van der Waals surface area (Å²) in [5, 5.41) is 13.0. The maximum absolute atomic E-state index is 12.9. The number of thiazole rings is 1. The summed E-state index contributed by atoms with van der Waals surface area (Å²) >= 11 is 15.6. The van der Waals surface area contributed by atoms with Gasteiger partial charge in [-0.25, -0.2) is 4.98 Å². The molecule has 0 atom stereocenters. The Kier molecular flexibility index (Phi) is 7.45. The van der Waals surface area contributed by atoms with E-state index in [9.17, 15) is 4.79 Å². The Labute approximate surface area is 220 Å². The maximum atomic E-state index is 12.9. The highest BCUT2D eigenvalue weighted by atomic mass is 35.5. The van der Waals surface area contributed by atoms with Crippen LogP contribution in [0.4, 0.5) is 0 Å². The van der Waals surface area contributed by atoms with Crippen LogP contribution in [0.25, 0.3) is 17.3 Å². The van der Waals surface area contributed by atoms with Crippen molar-refractivity contribution in [2.75, 3.05) is 32.7 Å². The van der Waals surface area contributed by atoms with Crippen LogP contribution in [0.3, 0.4) is 0 Å². The van der Waals surface area contributed by atoms with E-state index in [-0.39, 0.29) is 5.91 Å². The molecule has 0 radical (unpaired) electrons. The highest BCUT2D eigenvalue weighted by Gasteiger charge is 2.24. The molecule has 1 aromatic carbocycles. The molecule has 1 aliphatic heterocycles. The van der Waals surface area contributed by atoms with Gasteiger partial charge in [0.25, 0.3) is 5.91 Å². The standard InChI is InChI=1S/C23H22Cl2N6O2S2/c1-2-29-7-9-30(10-8-29)22(32)17-13-34-20(26-17)14-35-23-28-27-21(19-4-3-11-33-19)31(23)18-6-5-15(24)12-16(18)25/h3-6,11-13H,2,7-10,14H2,1H3. The average molecular weight is 550 g/mol. The molecule has 1 aliphatic rings. The number of benzene rings is 1. The third-order valence-electron chi connectivity index (χ3n) is 5.73. The highest BCUT2D eigenvalue weighted by Crippen LogP contribution is 2.34. The van der Waals surface area contributed by atoms with Crippen molar-refractivity contribution in [3.8, 4) is 17.3 Å². The van der Waals surface area contributed by atoms with Gasteiger partial charge in [-0.05, 0) is 36.9 Å². The quantitative estimate of drug-likeness (QED) is 0.287. The van der Waals surface area contributed by atoms with Crippen molar-refractivity contribution in [1.29, 1.82) is 0 Å². The predicted octanol–water partition coefficient (Wildman–Crippen LogP) is 5.36. The maximum Gasteiger partial charge on any atom is 0.273 e. The molecular formula is C23H22Cl2N6O2S2. The SMILES string of the molecule is CCN1CCN(C(=O)c2csc(CSc3nnc(-c4ccco4)n3-c3ccc(Cl)cc3Cl)n2)CC1. The molecule has 182 valence electrons. The van der Waals surface area contributed by atoms with Crippen LogP contribution in [0, 0.1) is 0 Å². The van der Waals surface area contributed by atoms with Crippen LogP contribution in [0.1, 0.15) is 22.4 Å². The minimum atomic E-state index is -0.00975. The number of aromatic nitrogens is 4. The summed E-state index contributed by atoms with van der Waals surface area (Å²) in [5.41, 5.74) is 1.19. The zero-order valence-electron chi connectivity index (χ0n) is 18.9. The molecule has 4 aromatic rings. The van der Waals surface area contributed by atoms with Crippen molar-refractivity contribution in [1.82, 2.24) is 29.5 Å². The van der Waals surface area contributed by atoms with Crippen molar-refractivity contribution in [3.63, 3.8) is 0 Å². The third-order valence-corrected chi connectivity index (χ3v) is 8.24. The van der Waals surface area contributed by atoms with Crippen LogP contribution in [-0.4, -0.2) is 68.2 Å². The number of halogens is 2. The first kappa shape index (κ1) is 24.3. The molecule has 0 N–H and O–H groups in total. The molecule has 4 heterocycles. The normalized spacial score (nSPS) is 14.5. The molecular weight excluding hydrogens is 527 g/mol. The molecule has 0 aliphatic carbocycles. The first-order valence-corrected chi connectivity index (χ1v) is 13.7. The number of carbonyl (C=O) groups is 1. The van der Waals surface area contributed by atoms with Crippen molar-refractivity contribution in [2.45, 2.75) is 17.8 Å². The molecule has 1 saturated heterocycles. The lowest BCUT2D eigenvalue weighted by Crippen LogP contribution is -2.48. The van der Waals surface area contributed by atoms with E-state index < -0.39 is 0 Å². The van der Waals surface area contributed by atoms with Crippen LogP contribution in [-0.2, 0) is 5.75 Å². The zero-order chi connectivity index (χ0) is 24.4. The Morgan fingerprint density at radius 1 is 1.17 bits per heavy atom.